The minimum absolute atomic E-state index is 0.0339. The number of aromatic nitrogens is 3. The van der Waals surface area contributed by atoms with Gasteiger partial charge in [0.2, 0.25) is 0 Å². The number of ether oxygens (including phenoxy) is 1. The molecule has 0 bridgehead atoms. The number of aromatic hydroxyl groups is 1. The van der Waals surface area contributed by atoms with Crippen LogP contribution in [0.15, 0.2) is 36.4 Å². The summed E-state index contributed by atoms with van der Waals surface area (Å²) in [4.78, 5) is 13.6. The summed E-state index contributed by atoms with van der Waals surface area (Å²) in [6, 6.07) is 9.91. The highest BCUT2D eigenvalue weighted by Crippen LogP contribution is 2.36. The van der Waals surface area contributed by atoms with E-state index in [1.165, 1.54) is 11.0 Å². The first-order valence-corrected chi connectivity index (χ1v) is 9.57. The van der Waals surface area contributed by atoms with E-state index >= 15 is 0 Å². The van der Waals surface area contributed by atoms with E-state index < -0.39 is 18.2 Å². The van der Waals surface area contributed by atoms with Gasteiger partial charge in [0.05, 0.1) is 5.69 Å². The van der Waals surface area contributed by atoms with Crippen LogP contribution in [0.5, 0.6) is 5.75 Å². The van der Waals surface area contributed by atoms with E-state index in [0.717, 1.165) is 4.57 Å². The van der Waals surface area contributed by atoms with Gasteiger partial charge in [-0.3, -0.25) is 4.57 Å². The first kappa shape index (κ1) is 20.1. The van der Waals surface area contributed by atoms with E-state index in [2.05, 4.69) is 10.2 Å². The number of halogens is 2. The molecule has 3 heterocycles. The van der Waals surface area contributed by atoms with Crippen LogP contribution >= 0.6 is 0 Å². The van der Waals surface area contributed by atoms with Crippen LogP contribution in [0.1, 0.15) is 38.9 Å². The number of para-hydroxylation sites is 1. The monoisotopic (exact) mass is 416 g/mol. The normalized spacial score (nSPS) is 14.9. The number of phenolic OH excluding ortho intramolecular Hbond substituents is 1. The van der Waals surface area contributed by atoms with Gasteiger partial charge in [0.1, 0.15) is 11.4 Å². The number of phenols is 1. The average Bonchev–Trinajstić information content (AvgIpc) is 2.97. The predicted molar refractivity (Wildman–Crippen MR) is 106 cm³/mol. The molecule has 1 fully saturated rings. The summed E-state index contributed by atoms with van der Waals surface area (Å²) in [5, 5.41) is 18.6. The highest BCUT2D eigenvalue weighted by molar-refractivity contribution is 5.82. The third-order valence-electron chi connectivity index (χ3n) is 4.94. The van der Waals surface area contributed by atoms with Crippen molar-refractivity contribution in [3.63, 3.8) is 0 Å². The van der Waals surface area contributed by atoms with Crippen molar-refractivity contribution < 1.29 is 23.4 Å². The van der Waals surface area contributed by atoms with E-state index in [9.17, 15) is 18.7 Å². The van der Waals surface area contributed by atoms with Gasteiger partial charge in [-0.1, -0.05) is 12.1 Å². The Morgan fingerprint density at radius 3 is 2.53 bits per heavy atom. The van der Waals surface area contributed by atoms with Gasteiger partial charge in [-0.15, -0.1) is 10.2 Å². The lowest BCUT2D eigenvalue weighted by atomic mass is 9.96. The largest absolute Gasteiger partial charge is 0.507 e. The lowest BCUT2D eigenvalue weighted by Crippen LogP contribution is -2.50. The van der Waals surface area contributed by atoms with Crippen molar-refractivity contribution in [1.29, 1.82) is 0 Å². The molecule has 7 nitrogen and oxygen atoms in total. The molecule has 1 aliphatic heterocycles. The van der Waals surface area contributed by atoms with Crippen LogP contribution in [0.2, 0.25) is 0 Å². The lowest BCUT2D eigenvalue weighted by molar-refractivity contribution is 0.00598. The Kier molecular flexibility index (Phi) is 4.83. The zero-order valence-electron chi connectivity index (χ0n) is 16.8. The minimum atomic E-state index is -2.79. The fourth-order valence-corrected chi connectivity index (χ4v) is 3.53. The second kappa shape index (κ2) is 7.23. The minimum Gasteiger partial charge on any atom is -0.507 e. The predicted octanol–water partition coefficient (Wildman–Crippen LogP) is 4.53. The SMILES string of the molecule is CC(C)(C)OC(=O)N1CC(c2cc3cc(-c4ccccc4O)nnc3n2C(F)F)C1. The Balaban J connectivity index is 1.64. The molecule has 30 heavy (non-hydrogen) atoms. The van der Waals surface area contributed by atoms with Crippen LogP contribution in [0.4, 0.5) is 13.6 Å². The maximum absolute atomic E-state index is 13.8. The topological polar surface area (TPSA) is 80.5 Å². The fraction of sp³-hybridized carbons (Fsp3) is 0.381. The van der Waals surface area contributed by atoms with Gasteiger partial charge in [-0.2, -0.15) is 8.78 Å². The highest BCUT2D eigenvalue weighted by atomic mass is 19.3. The van der Waals surface area contributed by atoms with Crippen molar-refractivity contribution in [2.45, 2.75) is 38.8 Å². The summed E-state index contributed by atoms with van der Waals surface area (Å²) >= 11 is 0. The molecule has 0 radical (unpaired) electrons. The zero-order valence-corrected chi connectivity index (χ0v) is 16.8. The molecular formula is C21H22F2N4O3. The number of alkyl halides is 2. The van der Waals surface area contributed by atoms with Gasteiger partial charge in [-0.05, 0) is 45.0 Å². The molecule has 1 N–H and O–H groups in total. The van der Waals surface area contributed by atoms with Crippen molar-refractivity contribution in [3.8, 4) is 17.0 Å². The first-order valence-electron chi connectivity index (χ1n) is 9.57. The summed E-state index contributed by atoms with van der Waals surface area (Å²) in [5.41, 5.74) is 0.702. The standard InChI is InChI=1S/C21H22F2N4O3/c1-21(2,3)30-20(29)26-10-13(11-26)16-9-12-8-15(14-6-4-5-7-17(14)28)24-25-18(12)27(16)19(22)23/h4-9,13,19,28H,10-11H2,1-3H3. The Morgan fingerprint density at radius 1 is 1.20 bits per heavy atom. The number of carbonyl (C=O) groups is 1. The number of rotatable bonds is 3. The third-order valence-corrected chi connectivity index (χ3v) is 4.94. The summed E-state index contributed by atoms with van der Waals surface area (Å²) < 4.78 is 33.8. The molecule has 1 saturated heterocycles. The molecule has 3 aromatic rings. The number of benzene rings is 1. The molecule has 9 heteroatoms. The van der Waals surface area contributed by atoms with Gasteiger partial charge in [-0.25, -0.2) is 4.79 Å². The maximum Gasteiger partial charge on any atom is 0.410 e. The molecule has 1 amide bonds. The second-order valence-electron chi connectivity index (χ2n) is 8.32. The molecule has 0 aliphatic carbocycles. The van der Waals surface area contributed by atoms with E-state index in [0.29, 0.717) is 22.3 Å². The Labute approximate surface area is 171 Å². The van der Waals surface area contributed by atoms with Gasteiger partial charge in [0, 0.05) is 35.7 Å². The fourth-order valence-electron chi connectivity index (χ4n) is 3.53. The summed E-state index contributed by atoms with van der Waals surface area (Å²) in [5.74, 6) is -0.221. The molecule has 0 atom stereocenters. The Bertz CT molecular complexity index is 1100. The second-order valence-corrected chi connectivity index (χ2v) is 8.32. The third kappa shape index (κ3) is 3.67. The van der Waals surface area contributed by atoms with Crippen LogP contribution in [0.25, 0.3) is 22.3 Å². The van der Waals surface area contributed by atoms with Gasteiger partial charge < -0.3 is 14.7 Å². The molecule has 0 saturated carbocycles. The van der Waals surface area contributed by atoms with Gasteiger partial charge >= 0.3 is 12.6 Å². The zero-order chi connectivity index (χ0) is 21.6. The quantitative estimate of drug-likeness (QED) is 0.678. The smallest absolute Gasteiger partial charge is 0.410 e. The van der Waals surface area contributed by atoms with Crippen molar-refractivity contribution in [3.05, 3.63) is 42.1 Å². The number of amides is 1. The molecule has 4 rings (SSSR count). The van der Waals surface area contributed by atoms with Crippen LogP contribution in [-0.4, -0.2) is 49.6 Å². The maximum atomic E-state index is 13.8. The molecular weight excluding hydrogens is 394 g/mol. The van der Waals surface area contributed by atoms with Crippen molar-refractivity contribution in [2.75, 3.05) is 13.1 Å². The highest BCUT2D eigenvalue weighted by Gasteiger charge is 2.37. The van der Waals surface area contributed by atoms with Crippen molar-refractivity contribution in [1.82, 2.24) is 19.7 Å². The molecule has 158 valence electrons. The summed E-state index contributed by atoms with van der Waals surface area (Å²) in [6.07, 6.45) is -0.458. The Hall–Kier alpha value is -3.23. The Morgan fingerprint density at radius 2 is 1.90 bits per heavy atom. The number of hydrogen-bond acceptors (Lipinski definition) is 5. The number of fused-ring (bicyclic) bond motifs is 1. The number of carbonyl (C=O) groups excluding carboxylic acids is 1. The van der Waals surface area contributed by atoms with Crippen molar-refractivity contribution >= 4 is 17.1 Å². The van der Waals surface area contributed by atoms with Gasteiger partial charge in [0.25, 0.3) is 0 Å². The van der Waals surface area contributed by atoms with Crippen LogP contribution in [-0.2, 0) is 4.74 Å². The van der Waals surface area contributed by atoms with Crippen LogP contribution in [0, 0.1) is 0 Å². The lowest BCUT2D eigenvalue weighted by Gasteiger charge is -2.40. The van der Waals surface area contributed by atoms with Gasteiger partial charge in [0.15, 0.2) is 5.65 Å². The van der Waals surface area contributed by atoms with E-state index in [1.807, 2.05) is 0 Å². The molecule has 1 aromatic carbocycles. The van der Waals surface area contributed by atoms with Crippen molar-refractivity contribution in [2.24, 2.45) is 0 Å². The first-order chi connectivity index (χ1) is 14.1. The summed E-state index contributed by atoms with van der Waals surface area (Å²) in [7, 11) is 0. The van der Waals surface area contributed by atoms with Crippen LogP contribution in [0.3, 0.4) is 0 Å². The molecule has 2 aromatic heterocycles. The number of likely N-dealkylation sites (tertiary alicyclic amines) is 1. The van der Waals surface area contributed by atoms with E-state index in [-0.39, 0.29) is 30.4 Å². The van der Waals surface area contributed by atoms with E-state index in [1.54, 1.807) is 51.1 Å². The van der Waals surface area contributed by atoms with E-state index in [4.69, 9.17) is 4.74 Å². The molecule has 0 spiro atoms. The average molecular weight is 416 g/mol. The number of nitrogens with zero attached hydrogens (tertiary/aromatic N) is 4. The molecule has 1 aliphatic rings. The summed E-state index contributed by atoms with van der Waals surface area (Å²) in [6.45, 7) is 3.11. The number of hydrogen-bond donors (Lipinski definition) is 1. The van der Waals surface area contributed by atoms with Crippen LogP contribution < -0.4 is 0 Å². The molecule has 0 unspecified atom stereocenters.